The van der Waals surface area contributed by atoms with Gasteiger partial charge in [0, 0.05) is 33.7 Å². The van der Waals surface area contributed by atoms with Crippen molar-refractivity contribution in [3.05, 3.63) is 65.1 Å². The van der Waals surface area contributed by atoms with Crippen molar-refractivity contribution in [3.8, 4) is 0 Å². The van der Waals surface area contributed by atoms with Gasteiger partial charge in [-0.2, -0.15) is 0 Å². The number of rotatable bonds is 6. The number of para-hydroxylation sites is 1. The van der Waals surface area contributed by atoms with Crippen LogP contribution in [0.3, 0.4) is 0 Å². The van der Waals surface area contributed by atoms with Crippen molar-refractivity contribution in [3.63, 3.8) is 0 Å². The minimum atomic E-state index is -3.90. The van der Waals surface area contributed by atoms with E-state index in [1.807, 2.05) is 0 Å². The van der Waals surface area contributed by atoms with Gasteiger partial charge >= 0.3 is 0 Å². The molecule has 1 fully saturated rings. The molecule has 4 rings (SSSR count). The Labute approximate surface area is 186 Å². The van der Waals surface area contributed by atoms with Gasteiger partial charge in [0.15, 0.2) is 9.84 Å². The van der Waals surface area contributed by atoms with E-state index in [0.717, 1.165) is 25.7 Å². The summed E-state index contributed by atoms with van der Waals surface area (Å²) in [6, 6.07) is 11.3. The SMILES string of the molecule is O=C(Cn1cc(S(=O)(=O)Cc2c(F)cccc2Cl)c2ccccc21)NC1CCCCC1. The monoisotopic (exact) mass is 462 g/mol. The fourth-order valence-electron chi connectivity index (χ4n) is 4.20. The van der Waals surface area contributed by atoms with Crippen LogP contribution in [-0.4, -0.2) is 24.9 Å². The standard InChI is InChI=1S/C23H24ClFN2O3S/c24-19-10-6-11-20(25)18(19)15-31(29,30)22-13-27(21-12-5-4-9-17(21)22)14-23(28)26-16-7-2-1-3-8-16/h4-6,9-13,16H,1-3,7-8,14-15H2,(H,26,28). The number of halogens is 2. The Balaban J connectivity index is 1.63. The van der Waals surface area contributed by atoms with E-state index in [9.17, 15) is 17.6 Å². The van der Waals surface area contributed by atoms with Crippen molar-refractivity contribution < 1.29 is 17.6 Å². The number of nitrogens with zero attached hydrogens (tertiary/aromatic N) is 1. The van der Waals surface area contributed by atoms with Crippen molar-refractivity contribution in [1.82, 2.24) is 9.88 Å². The summed E-state index contributed by atoms with van der Waals surface area (Å²) >= 11 is 6.05. The lowest BCUT2D eigenvalue weighted by Gasteiger charge is -2.22. The molecule has 8 heteroatoms. The lowest BCUT2D eigenvalue weighted by molar-refractivity contribution is -0.122. The summed E-state index contributed by atoms with van der Waals surface area (Å²) < 4.78 is 42.2. The summed E-state index contributed by atoms with van der Waals surface area (Å²) in [6.45, 7) is 0.0208. The average Bonchev–Trinajstić information content (AvgIpc) is 3.11. The first-order valence-corrected chi connectivity index (χ1v) is 12.4. The van der Waals surface area contributed by atoms with Crippen molar-refractivity contribution in [1.29, 1.82) is 0 Å². The smallest absolute Gasteiger partial charge is 0.240 e. The van der Waals surface area contributed by atoms with Gasteiger partial charge in [-0.15, -0.1) is 0 Å². The van der Waals surface area contributed by atoms with Gasteiger partial charge in [0.05, 0.1) is 10.6 Å². The minimum absolute atomic E-state index is 0.0208. The predicted octanol–water partition coefficient (Wildman–Crippen LogP) is 4.86. The van der Waals surface area contributed by atoms with Crippen LogP contribution < -0.4 is 5.32 Å². The van der Waals surface area contributed by atoms with Crippen LogP contribution in [0.1, 0.15) is 37.7 Å². The second kappa shape index (κ2) is 9.01. The molecule has 164 valence electrons. The summed E-state index contributed by atoms with van der Waals surface area (Å²) in [6.07, 6.45) is 6.83. The average molecular weight is 463 g/mol. The minimum Gasteiger partial charge on any atom is -0.352 e. The maximum absolute atomic E-state index is 14.2. The molecule has 0 radical (unpaired) electrons. The Bertz CT molecular complexity index is 1200. The maximum atomic E-state index is 14.2. The summed E-state index contributed by atoms with van der Waals surface area (Å²) in [7, 11) is -3.90. The van der Waals surface area contributed by atoms with E-state index < -0.39 is 21.4 Å². The van der Waals surface area contributed by atoms with E-state index in [-0.39, 0.29) is 34.0 Å². The molecule has 2 aromatic carbocycles. The van der Waals surface area contributed by atoms with Gasteiger partial charge in [0.1, 0.15) is 12.4 Å². The normalized spacial score (nSPS) is 15.3. The van der Waals surface area contributed by atoms with Crippen molar-refractivity contribution in [2.75, 3.05) is 0 Å². The summed E-state index contributed by atoms with van der Waals surface area (Å²) in [4.78, 5) is 12.7. The number of sulfone groups is 1. The number of nitrogens with one attached hydrogen (secondary N) is 1. The highest BCUT2D eigenvalue weighted by Crippen LogP contribution is 2.30. The van der Waals surface area contributed by atoms with Gasteiger partial charge in [0.25, 0.3) is 0 Å². The van der Waals surface area contributed by atoms with Crippen LogP contribution >= 0.6 is 11.6 Å². The number of amides is 1. The number of hydrogen-bond donors (Lipinski definition) is 1. The molecular formula is C23H24ClFN2O3S. The molecule has 1 aliphatic rings. The van der Waals surface area contributed by atoms with Gasteiger partial charge in [-0.3, -0.25) is 4.79 Å². The first kappa shape index (κ1) is 21.8. The molecule has 1 amide bonds. The topological polar surface area (TPSA) is 68.2 Å². The second-order valence-electron chi connectivity index (χ2n) is 8.00. The predicted molar refractivity (Wildman–Crippen MR) is 119 cm³/mol. The lowest BCUT2D eigenvalue weighted by atomic mass is 9.95. The molecule has 31 heavy (non-hydrogen) atoms. The molecule has 1 heterocycles. The van der Waals surface area contributed by atoms with Crippen LogP contribution in [0.15, 0.2) is 53.6 Å². The third kappa shape index (κ3) is 4.77. The van der Waals surface area contributed by atoms with E-state index in [0.29, 0.717) is 10.9 Å². The van der Waals surface area contributed by atoms with Crippen LogP contribution in [0, 0.1) is 5.82 Å². The fourth-order valence-corrected chi connectivity index (χ4v) is 6.14. The second-order valence-corrected chi connectivity index (χ2v) is 10.4. The molecule has 3 aromatic rings. The fraction of sp³-hybridized carbons (Fsp3) is 0.348. The molecule has 0 aliphatic heterocycles. The van der Waals surface area contributed by atoms with Gasteiger partial charge < -0.3 is 9.88 Å². The Kier molecular flexibility index (Phi) is 6.34. The summed E-state index contributed by atoms with van der Waals surface area (Å²) in [5, 5.41) is 3.63. The van der Waals surface area contributed by atoms with Gasteiger partial charge in [-0.25, -0.2) is 12.8 Å². The largest absolute Gasteiger partial charge is 0.352 e. The van der Waals surface area contributed by atoms with Crippen molar-refractivity contribution in [2.45, 2.75) is 55.3 Å². The molecule has 1 N–H and O–H groups in total. The molecule has 1 aromatic heterocycles. The lowest BCUT2D eigenvalue weighted by Crippen LogP contribution is -2.38. The molecule has 0 saturated heterocycles. The van der Waals surface area contributed by atoms with Crippen molar-refractivity contribution >= 4 is 38.2 Å². The third-order valence-electron chi connectivity index (χ3n) is 5.77. The number of hydrogen-bond acceptors (Lipinski definition) is 3. The van der Waals surface area contributed by atoms with Gasteiger partial charge in [-0.1, -0.05) is 55.1 Å². The number of fused-ring (bicyclic) bond motifs is 1. The van der Waals surface area contributed by atoms with Crippen LogP contribution in [0.5, 0.6) is 0 Å². The summed E-state index contributed by atoms with van der Waals surface area (Å²) in [5.41, 5.74) is 0.579. The third-order valence-corrected chi connectivity index (χ3v) is 7.79. The van der Waals surface area contributed by atoms with E-state index in [2.05, 4.69) is 5.32 Å². The zero-order chi connectivity index (χ0) is 22.0. The Morgan fingerprint density at radius 2 is 1.84 bits per heavy atom. The van der Waals surface area contributed by atoms with Crippen LogP contribution in [0.2, 0.25) is 5.02 Å². The van der Waals surface area contributed by atoms with Crippen LogP contribution in [-0.2, 0) is 26.9 Å². The number of carbonyl (C=O) groups excluding carboxylic acids is 1. The first-order valence-electron chi connectivity index (χ1n) is 10.4. The first-order chi connectivity index (χ1) is 14.8. The van der Waals surface area contributed by atoms with E-state index in [1.165, 1.54) is 30.8 Å². The Hall–Kier alpha value is -2.38. The molecule has 5 nitrogen and oxygen atoms in total. The zero-order valence-corrected chi connectivity index (χ0v) is 18.6. The van der Waals surface area contributed by atoms with Crippen LogP contribution in [0.4, 0.5) is 4.39 Å². The van der Waals surface area contributed by atoms with E-state index >= 15 is 0 Å². The molecule has 0 spiro atoms. The number of carbonyl (C=O) groups is 1. The molecule has 0 unspecified atom stereocenters. The molecule has 0 atom stereocenters. The Morgan fingerprint density at radius 3 is 2.58 bits per heavy atom. The van der Waals surface area contributed by atoms with Gasteiger partial charge in [0.2, 0.25) is 5.91 Å². The maximum Gasteiger partial charge on any atom is 0.240 e. The highest BCUT2D eigenvalue weighted by molar-refractivity contribution is 7.90. The zero-order valence-electron chi connectivity index (χ0n) is 17.0. The molecule has 0 bridgehead atoms. The molecular weight excluding hydrogens is 439 g/mol. The van der Waals surface area contributed by atoms with Gasteiger partial charge in [-0.05, 0) is 31.0 Å². The summed E-state index contributed by atoms with van der Waals surface area (Å²) in [5.74, 6) is -1.36. The van der Waals surface area contributed by atoms with E-state index in [1.54, 1.807) is 28.8 Å². The van der Waals surface area contributed by atoms with E-state index in [4.69, 9.17) is 11.6 Å². The highest BCUT2D eigenvalue weighted by Gasteiger charge is 2.25. The highest BCUT2D eigenvalue weighted by atomic mass is 35.5. The number of aromatic nitrogens is 1. The van der Waals surface area contributed by atoms with Crippen LogP contribution in [0.25, 0.3) is 10.9 Å². The Morgan fingerprint density at radius 1 is 1.10 bits per heavy atom. The quantitative estimate of drug-likeness (QED) is 0.569. The van der Waals surface area contributed by atoms with Crippen molar-refractivity contribution in [2.24, 2.45) is 0 Å². The molecule has 1 saturated carbocycles. The number of benzene rings is 2. The molecule has 1 aliphatic carbocycles.